The van der Waals surface area contributed by atoms with Crippen LogP contribution in [0.3, 0.4) is 0 Å². The summed E-state index contributed by atoms with van der Waals surface area (Å²) in [6, 6.07) is 14.8. The fourth-order valence-corrected chi connectivity index (χ4v) is 8.49. The number of aromatic amines is 2. The van der Waals surface area contributed by atoms with E-state index in [9.17, 15) is 28.3 Å². The summed E-state index contributed by atoms with van der Waals surface area (Å²) in [6.45, 7) is 5.72. The van der Waals surface area contributed by atoms with Crippen molar-refractivity contribution in [1.82, 2.24) is 35.1 Å². The maximum absolute atomic E-state index is 14.0. The van der Waals surface area contributed by atoms with Crippen LogP contribution in [0.25, 0.3) is 33.6 Å². The van der Waals surface area contributed by atoms with Gasteiger partial charge in [0.05, 0.1) is 23.5 Å². The van der Waals surface area contributed by atoms with Gasteiger partial charge in [-0.1, -0.05) is 62.4 Å². The zero-order valence-corrected chi connectivity index (χ0v) is 29.7. The van der Waals surface area contributed by atoms with Crippen molar-refractivity contribution in [2.75, 3.05) is 6.54 Å². The number of halogens is 2. The fraction of sp³-hybridized carbons (Fsp3) is 0.462. The van der Waals surface area contributed by atoms with Gasteiger partial charge in [0.25, 0.3) is 0 Å². The van der Waals surface area contributed by atoms with Crippen LogP contribution in [0.1, 0.15) is 95.9 Å². The molecule has 3 aliphatic rings. The molecule has 3 atom stereocenters. The van der Waals surface area contributed by atoms with Gasteiger partial charge < -0.3 is 30.2 Å². The Balaban J connectivity index is 1.02. The number of nitrogens with one attached hydrogen (secondary N) is 3. The Morgan fingerprint density at radius 1 is 0.808 bits per heavy atom. The van der Waals surface area contributed by atoms with Crippen molar-refractivity contribution >= 4 is 17.9 Å². The Kier molecular flexibility index (Phi) is 9.39. The van der Waals surface area contributed by atoms with Crippen molar-refractivity contribution in [1.29, 1.82) is 0 Å². The first-order chi connectivity index (χ1) is 24.8. The van der Waals surface area contributed by atoms with Crippen LogP contribution >= 0.6 is 0 Å². The largest absolute Gasteiger partial charge is 0.465 e. The van der Waals surface area contributed by atoms with E-state index in [4.69, 9.17) is 9.97 Å². The van der Waals surface area contributed by atoms with E-state index in [1.807, 2.05) is 79.7 Å². The molecule has 4 N–H and O–H groups in total. The van der Waals surface area contributed by atoms with Gasteiger partial charge >= 0.3 is 6.09 Å². The number of hydrogen-bond acceptors (Lipinski definition) is 5. The van der Waals surface area contributed by atoms with Crippen LogP contribution in [0.5, 0.6) is 0 Å². The molecule has 4 aromatic rings. The summed E-state index contributed by atoms with van der Waals surface area (Å²) >= 11 is 0. The van der Waals surface area contributed by atoms with E-state index in [1.165, 1.54) is 6.92 Å². The molecule has 52 heavy (non-hydrogen) atoms. The first-order valence-corrected chi connectivity index (χ1v) is 18.1. The molecule has 1 aliphatic carbocycles. The number of carboxylic acid groups (broad SMARTS) is 1. The first kappa shape index (κ1) is 35.3. The minimum absolute atomic E-state index is 0.103. The lowest BCUT2D eigenvalue weighted by Crippen LogP contribution is -2.51. The molecule has 11 nitrogen and oxygen atoms in total. The molecule has 1 spiro atoms. The molecule has 2 saturated heterocycles. The molecule has 0 radical (unpaired) electrons. The standard InChI is InChI=1S/C39H45F2N7O4/c1-23(2)33(46-37(51)52)36(50)47-20-4-5-31(47)34-42-21-29(44-34)27-10-6-25(7-11-27)26-8-12-28(13-9-26)30-22-43-35(45-30)32-14-15-38(48(32)24(3)49)16-18-39(40,41)19-17-38/h6-13,21-23,31-33,46H,4-5,14-20H2,1-3H3,(H,42,44)(H,43,45)(H,51,52)/t31-,32?,33-/m0/s1. The summed E-state index contributed by atoms with van der Waals surface area (Å²) in [5.41, 5.74) is 4.88. The predicted molar refractivity (Wildman–Crippen MR) is 191 cm³/mol. The average molecular weight is 714 g/mol. The quantitative estimate of drug-likeness (QED) is 0.147. The summed E-state index contributed by atoms with van der Waals surface area (Å²) in [5.74, 6) is -1.83. The molecule has 274 valence electrons. The van der Waals surface area contributed by atoms with Crippen LogP contribution in [0, 0.1) is 5.92 Å². The van der Waals surface area contributed by atoms with Gasteiger partial charge in [0.1, 0.15) is 17.7 Å². The topological polar surface area (TPSA) is 147 Å². The van der Waals surface area contributed by atoms with E-state index in [0.29, 0.717) is 43.9 Å². The molecular formula is C39H45F2N7O4. The Hall–Kier alpha value is -5.07. The third-order valence-electron chi connectivity index (χ3n) is 11.2. The smallest absolute Gasteiger partial charge is 0.405 e. The molecule has 3 amide bonds. The Labute approximate surface area is 301 Å². The van der Waals surface area contributed by atoms with Crippen molar-refractivity contribution in [3.05, 3.63) is 72.6 Å². The molecule has 1 saturated carbocycles. The van der Waals surface area contributed by atoms with Crippen molar-refractivity contribution in [2.45, 2.75) is 102 Å². The number of amides is 3. The van der Waals surface area contributed by atoms with Gasteiger partial charge in [0.15, 0.2) is 0 Å². The Bertz CT molecular complexity index is 1930. The van der Waals surface area contributed by atoms with Crippen LogP contribution in [0.2, 0.25) is 0 Å². The number of alkyl halides is 2. The van der Waals surface area contributed by atoms with Gasteiger partial charge in [-0.3, -0.25) is 9.59 Å². The number of hydrogen-bond donors (Lipinski definition) is 4. The van der Waals surface area contributed by atoms with Crippen LogP contribution < -0.4 is 5.32 Å². The van der Waals surface area contributed by atoms with Gasteiger partial charge in [-0.05, 0) is 55.6 Å². The van der Waals surface area contributed by atoms with Gasteiger partial charge in [0.2, 0.25) is 17.7 Å². The summed E-state index contributed by atoms with van der Waals surface area (Å²) in [5, 5.41) is 11.6. The van der Waals surface area contributed by atoms with Crippen LogP contribution in [0.4, 0.5) is 13.6 Å². The highest BCUT2D eigenvalue weighted by Crippen LogP contribution is 2.52. The second kappa shape index (κ2) is 13.8. The summed E-state index contributed by atoms with van der Waals surface area (Å²) in [4.78, 5) is 57.3. The Morgan fingerprint density at radius 3 is 1.83 bits per heavy atom. The number of rotatable bonds is 8. The van der Waals surface area contributed by atoms with Gasteiger partial charge in [0, 0.05) is 55.4 Å². The fourth-order valence-electron chi connectivity index (χ4n) is 8.49. The number of imidazole rings is 2. The molecule has 13 heteroatoms. The van der Waals surface area contributed by atoms with Crippen molar-refractivity contribution in [3.8, 4) is 33.6 Å². The molecule has 2 aromatic carbocycles. The summed E-state index contributed by atoms with van der Waals surface area (Å²) < 4.78 is 28.0. The second-order valence-corrected chi connectivity index (χ2v) is 14.9. The highest BCUT2D eigenvalue weighted by molar-refractivity contribution is 5.86. The minimum Gasteiger partial charge on any atom is -0.465 e. The van der Waals surface area contributed by atoms with Crippen LogP contribution in [-0.2, 0) is 9.59 Å². The summed E-state index contributed by atoms with van der Waals surface area (Å²) in [6.07, 6.45) is 5.64. The van der Waals surface area contributed by atoms with E-state index in [0.717, 1.165) is 46.5 Å². The second-order valence-electron chi connectivity index (χ2n) is 14.9. The van der Waals surface area contributed by atoms with E-state index >= 15 is 0 Å². The zero-order chi connectivity index (χ0) is 36.8. The normalized spacial score (nSPS) is 21.5. The first-order valence-electron chi connectivity index (χ1n) is 18.1. The number of benzene rings is 2. The van der Waals surface area contributed by atoms with Crippen molar-refractivity contribution in [2.24, 2.45) is 5.92 Å². The summed E-state index contributed by atoms with van der Waals surface area (Å²) in [7, 11) is 0. The van der Waals surface area contributed by atoms with E-state index < -0.39 is 23.6 Å². The molecule has 1 unspecified atom stereocenters. The molecular weight excluding hydrogens is 668 g/mol. The molecule has 4 heterocycles. The lowest BCUT2D eigenvalue weighted by atomic mass is 9.78. The molecule has 2 aliphatic heterocycles. The maximum Gasteiger partial charge on any atom is 0.405 e. The lowest BCUT2D eigenvalue weighted by Gasteiger charge is -2.44. The minimum atomic E-state index is -2.66. The highest BCUT2D eigenvalue weighted by atomic mass is 19.3. The number of carbonyl (C=O) groups is 3. The van der Waals surface area contributed by atoms with Crippen molar-refractivity contribution in [3.63, 3.8) is 0 Å². The van der Waals surface area contributed by atoms with Crippen LogP contribution in [-0.4, -0.2) is 76.8 Å². The van der Waals surface area contributed by atoms with E-state index in [1.54, 1.807) is 4.90 Å². The number of nitrogens with zero attached hydrogens (tertiary/aromatic N) is 4. The molecule has 0 bridgehead atoms. The number of H-pyrrole nitrogens is 2. The monoisotopic (exact) mass is 713 g/mol. The molecule has 2 aromatic heterocycles. The number of likely N-dealkylation sites (tertiary alicyclic amines) is 2. The third-order valence-corrected chi connectivity index (χ3v) is 11.2. The maximum atomic E-state index is 14.0. The van der Waals surface area contributed by atoms with Gasteiger partial charge in [-0.25, -0.2) is 23.5 Å². The van der Waals surface area contributed by atoms with Crippen molar-refractivity contribution < 1.29 is 28.3 Å². The lowest BCUT2D eigenvalue weighted by molar-refractivity contribution is -0.142. The molecule has 7 rings (SSSR count). The molecule has 3 fully saturated rings. The zero-order valence-electron chi connectivity index (χ0n) is 29.7. The third kappa shape index (κ3) is 6.80. The van der Waals surface area contributed by atoms with Gasteiger partial charge in [-0.15, -0.1) is 0 Å². The predicted octanol–water partition coefficient (Wildman–Crippen LogP) is 7.72. The van der Waals surface area contributed by atoms with Crippen LogP contribution in [0.15, 0.2) is 60.9 Å². The van der Waals surface area contributed by atoms with Gasteiger partial charge in [-0.2, -0.15) is 0 Å². The van der Waals surface area contributed by atoms with E-state index in [-0.39, 0.29) is 42.7 Å². The SMILES string of the molecule is CC(=O)N1C(c2nc(-c3ccc(-c4ccc(-c5c[nH]c([C@@H]6CCCN6C(=O)[C@@H](NC(=O)O)C(C)C)n5)cc4)cc3)c[nH]2)CCC12CCC(F)(F)CC2. The number of aromatic nitrogens is 4. The number of carbonyl (C=O) groups excluding carboxylic acids is 2. The van der Waals surface area contributed by atoms with E-state index in [2.05, 4.69) is 15.3 Å². The Morgan fingerprint density at radius 2 is 1.33 bits per heavy atom. The average Bonchev–Trinajstić information content (AvgIpc) is 3.94. The highest BCUT2D eigenvalue weighted by Gasteiger charge is 2.53.